The maximum Gasteiger partial charge on any atom is 0.216 e. The molecule has 5 heteroatoms. The van der Waals surface area contributed by atoms with Crippen molar-refractivity contribution in [3.63, 3.8) is 0 Å². The minimum atomic E-state index is 0. The predicted molar refractivity (Wildman–Crippen MR) is 56.6 cm³/mol. The summed E-state index contributed by atoms with van der Waals surface area (Å²) in [4.78, 5) is 10.7. The molecule has 1 aliphatic rings. The maximum atomic E-state index is 10.7. The van der Waals surface area contributed by atoms with Crippen LogP contribution in [0.2, 0.25) is 0 Å². The van der Waals surface area contributed by atoms with E-state index in [2.05, 4.69) is 10.6 Å². The summed E-state index contributed by atoms with van der Waals surface area (Å²) in [6.07, 6.45) is 1.05. The molecule has 0 bridgehead atoms. The van der Waals surface area contributed by atoms with Gasteiger partial charge in [-0.2, -0.15) is 0 Å². The van der Waals surface area contributed by atoms with Gasteiger partial charge in [0.25, 0.3) is 0 Å². The van der Waals surface area contributed by atoms with Crippen molar-refractivity contribution in [1.82, 2.24) is 10.6 Å². The van der Waals surface area contributed by atoms with Gasteiger partial charge >= 0.3 is 0 Å². The Hall–Kier alpha value is 0.01000. The second-order valence-electron chi connectivity index (χ2n) is 3.47. The molecule has 0 saturated carbocycles. The highest BCUT2D eigenvalue weighted by Gasteiger charge is 2.32. The summed E-state index contributed by atoms with van der Waals surface area (Å²) in [5.74, 6) is 0.631. The Labute approximate surface area is 90.0 Å². The second-order valence-corrected chi connectivity index (χ2v) is 3.74. The number of hydrogen-bond acceptors (Lipinski definition) is 2. The average molecular weight is 227 g/mol. The smallest absolute Gasteiger partial charge is 0.216 e. The third-order valence-corrected chi connectivity index (χ3v) is 2.89. The Morgan fingerprint density at radius 2 is 2.38 bits per heavy atom. The number of alkyl halides is 1. The van der Waals surface area contributed by atoms with Crippen molar-refractivity contribution in [3.8, 4) is 0 Å². The highest BCUT2D eigenvalue weighted by molar-refractivity contribution is 6.18. The molecule has 2 N–H and O–H groups in total. The van der Waals surface area contributed by atoms with E-state index in [0.717, 1.165) is 19.5 Å². The third-order valence-electron chi connectivity index (χ3n) is 2.33. The lowest BCUT2D eigenvalue weighted by atomic mass is 9.89. The van der Waals surface area contributed by atoms with E-state index in [-0.39, 0.29) is 23.7 Å². The van der Waals surface area contributed by atoms with Gasteiger partial charge in [-0.25, -0.2) is 0 Å². The van der Waals surface area contributed by atoms with Crippen LogP contribution in [0, 0.1) is 5.41 Å². The molecule has 0 aromatic rings. The molecular formula is C8H16Cl2N2O. The maximum absolute atomic E-state index is 10.7. The molecule has 1 atom stereocenters. The van der Waals surface area contributed by atoms with Crippen LogP contribution < -0.4 is 10.6 Å². The first-order chi connectivity index (χ1) is 5.68. The first-order valence-corrected chi connectivity index (χ1v) is 4.73. The Morgan fingerprint density at radius 3 is 2.77 bits per heavy atom. The van der Waals surface area contributed by atoms with Gasteiger partial charge < -0.3 is 10.6 Å². The normalized spacial score (nSPS) is 26.6. The molecule has 0 aromatic heterocycles. The van der Waals surface area contributed by atoms with Crippen LogP contribution in [0.25, 0.3) is 0 Å². The molecule has 1 saturated heterocycles. The lowest BCUT2D eigenvalue weighted by Crippen LogP contribution is -2.39. The molecule has 1 aliphatic heterocycles. The van der Waals surface area contributed by atoms with E-state index in [0.29, 0.717) is 12.4 Å². The third kappa shape index (κ3) is 3.71. The Bertz CT molecular complexity index is 170. The van der Waals surface area contributed by atoms with Crippen LogP contribution in [0.3, 0.4) is 0 Å². The number of nitrogens with one attached hydrogen (secondary N) is 2. The van der Waals surface area contributed by atoms with Crippen LogP contribution in [0.4, 0.5) is 0 Å². The minimum absolute atomic E-state index is 0. The number of carbonyl (C=O) groups is 1. The molecular weight excluding hydrogens is 211 g/mol. The van der Waals surface area contributed by atoms with Gasteiger partial charge in [0.2, 0.25) is 5.91 Å². The van der Waals surface area contributed by atoms with Gasteiger partial charge in [0.1, 0.15) is 0 Å². The summed E-state index contributed by atoms with van der Waals surface area (Å²) in [5.41, 5.74) is 0.0905. The zero-order chi connectivity index (χ0) is 9.03. The quantitative estimate of drug-likeness (QED) is 0.699. The zero-order valence-corrected chi connectivity index (χ0v) is 9.30. The van der Waals surface area contributed by atoms with Crippen LogP contribution in [-0.2, 0) is 4.79 Å². The SMILES string of the molecule is CC(=O)NCC1(CCl)CCNC1.Cl. The molecule has 0 spiro atoms. The number of amides is 1. The Morgan fingerprint density at radius 1 is 1.69 bits per heavy atom. The fraction of sp³-hybridized carbons (Fsp3) is 0.875. The van der Waals surface area contributed by atoms with Crippen molar-refractivity contribution < 1.29 is 4.79 Å². The van der Waals surface area contributed by atoms with E-state index in [1.165, 1.54) is 6.92 Å². The van der Waals surface area contributed by atoms with Crippen molar-refractivity contribution in [2.45, 2.75) is 13.3 Å². The van der Waals surface area contributed by atoms with Crippen molar-refractivity contribution in [3.05, 3.63) is 0 Å². The highest BCUT2D eigenvalue weighted by Crippen LogP contribution is 2.25. The Kier molecular flexibility index (Phi) is 5.68. The summed E-state index contributed by atoms with van der Waals surface area (Å²) in [7, 11) is 0. The lowest BCUT2D eigenvalue weighted by molar-refractivity contribution is -0.119. The van der Waals surface area contributed by atoms with Crippen LogP contribution in [0.15, 0.2) is 0 Å². The standard InChI is InChI=1S/C8H15ClN2O.ClH/c1-7(12)11-6-8(4-9)2-3-10-5-8;/h10H,2-6H2,1H3,(H,11,12);1H. The fourth-order valence-corrected chi connectivity index (χ4v) is 1.74. The average Bonchev–Trinajstić information content (AvgIpc) is 2.50. The van der Waals surface area contributed by atoms with Crippen LogP contribution in [0.5, 0.6) is 0 Å². The first-order valence-electron chi connectivity index (χ1n) is 4.20. The number of hydrogen-bond donors (Lipinski definition) is 2. The topological polar surface area (TPSA) is 41.1 Å². The minimum Gasteiger partial charge on any atom is -0.356 e. The van der Waals surface area contributed by atoms with Crippen molar-refractivity contribution >= 4 is 29.9 Å². The van der Waals surface area contributed by atoms with E-state index in [4.69, 9.17) is 11.6 Å². The van der Waals surface area contributed by atoms with Gasteiger partial charge in [-0.05, 0) is 13.0 Å². The van der Waals surface area contributed by atoms with E-state index in [9.17, 15) is 4.79 Å². The molecule has 0 radical (unpaired) electrons. The van der Waals surface area contributed by atoms with E-state index in [1.807, 2.05) is 0 Å². The molecule has 0 aromatic carbocycles. The van der Waals surface area contributed by atoms with Crippen LogP contribution in [-0.4, -0.2) is 31.4 Å². The van der Waals surface area contributed by atoms with Crippen molar-refractivity contribution in [1.29, 1.82) is 0 Å². The molecule has 78 valence electrons. The van der Waals surface area contributed by atoms with Gasteiger partial charge in [-0.1, -0.05) is 0 Å². The molecule has 1 heterocycles. The van der Waals surface area contributed by atoms with E-state index in [1.54, 1.807) is 0 Å². The fourth-order valence-electron chi connectivity index (χ4n) is 1.42. The van der Waals surface area contributed by atoms with Crippen molar-refractivity contribution in [2.75, 3.05) is 25.5 Å². The predicted octanol–water partition coefficient (Wildman–Crippen LogP) is 0.763. The van der Waals surface area contributed by atoms with Gasteiger partial charge in [-0.15, -0.1) is 24.0 Å². The monoisotopic (exact) mass is 226 g/mol. The van der Waals surface area contributed by atoms with Gasteiger partial charge in [0.15, 0.2) is 0 Å². The number of halogens is 2. The van der Waals surface area contributed by atoms with E-state index < -0.39 is 0 Å². The zero-order valence-electron chi connectivity index (χ0n) is 7.73. The van der Waals surface area contributed by atoms with Gasteiger partial charge in [0.05, 0.1) is 0 Å². The molecule has 0 aliphatic carbocycles. The molecule has 1 fully saturated rings. The summed E-state index contributed by atoms with van der Waals surface area (Å²) >= 11 is 5.86. The Balaban J connectivity index is 0.00000144. The lowest BCUT2D eigenvalue weighted by Gasteiger charge is -2.25. The summed E-state index contributed by atoms with van der Waals surface area (Å²) < 4.78 is 0. The van der Waals surface area contributed by atoms with Crippen molar-refractivity contribution in [2.24, 2.45) is 5.41 Å². The van der Waals surface area contributed by atoms with E-state index >= 15 is 0 Å². The van der Waals surface area contributed by atoms with Crippen LogP contribution in [0.1, 0.15) is 13.3 Å². The summed E-state index contributed by atoms with van der Waals surface area (Å²) in [6.45, 7) is 4.15. The molecule has 1 rings (SSSR count). The molecule has 1 amide bonds. The van der Waals surface area contributed by atoms with Crippen LogP contribution >= 0.6 is 24.0 Å². The largest absolute Gasteiger partial charge is 0.356 e. The second kappa shape index (κ2) is 5.68. The van der Waals surface area contributed by atoms with Gasteiger partial charge in [-0.3, -0.25) is 4.79 Å². The number of rotatable bonds is 3. The first kappa shape index (κ1) is 13.0. The summed E-state index contributed by atoms with van der Waals surface area (Å²) in [5, 5.41) is 6.07. The molecule has 13 heavy (non-hydrogen) atoms. The summed E-state index contributed by atoms with van der Waals surface area (Å²) in [6, 6.07) is 0. The molecule has 1 unspecified atom stereocenters. The van der Waals surface area contributed by atoms with Gasteiger partial charge in [0, 0.05) is 31.3 Å². The molecule has 3 nitrogen and oxygen atoms in total. The number of carbonyl (C=O) groups excluding carboxylic acids is 1. The highest BCUT2D eigenvalue weighted by atomic mass is 35.5.